The Morgan fingerprint density at radius 1 is 1.08 bits per heavy atom. The molecule has 2 aromatic carbocycles. The number of carbonyl (C=O) groups excluding carboxylic acids is 1. The normalized spacial score (nSPS) is 10.7. The summed E-state index contributed by atoms with van der Waals surface area (Å²) in [6, 6.07) is 11.6. The van der Waals surface area contributed by atoms with E-state index in [1.54, 1.807) is 17.7 Å². The second kappa shape index (κ2) is 6.23. The van der Waals surface area contributed by atoms with Crippen LogP contribution in [0.4, 0.5) is 10.1 Å². The van der Waals surface area contributed by atoms with Crippen molar-refractivity contribution in [2.75, 3.05) is 5.32 Å². The van der Waals surface area contributed by atoms with Crippen LogP contribution in [0.15, 0.2) is 42.5 Å². The van der Waals surface area contributed by atoms with Gasteiger partial charge in [0.2, 0.25) is 0 Å². The summed E-state index contributed by atoms with van der Waals surface area (Å²) in [6.45, 7) is 5.82. The van der Waals surface area contributed by atoms with Gasteiger partial charge in [0.05, 0.1) is 11.4 Å². The van der Waals surface area contributed by atoms with Crippen molar-refractivity contribution in [2.45, 2.75) is 20.8 Å². The zero-order chi connectivity index (χ0) is 17.3. The fourth-order valence-corrected chi connectivity index (χ4v) is 2.40. The third-order valence-electron chi connectivity index (χ3n) is 3.93. The van der Waals surface area contributed by atoms with Gasteiger partial charge >= 0.3 is 0 Å². The SMILES string of the molecule is Cc1ccc(-n2nnc(C(=O)Nc3cccc(F)c3)c2C)cc1C. The summed E-state index contributed by atoms with van der Waals surface area (Å²) in [4.78, 5) is 12.4. The molecule has 1 aromatic heterocycles. The van der Waals surface area contributed by atoms with Crippen molar-refractivity contribution in [3.05, 3.63) is 70.8 Å². The lowest BCUT2D eigenvalue weighted by molar-refractivity contribution is 0.102. The Morgan fingerprint density at radius 2 is 1.88 bits per heavy atom. The van der Waals surface area contributed by atoms with Crippen LogP contribution in [0, 0.1) is 26.6 Å². The van der Waals surface area contributed by atoms with E-state index in [1.807, 2.05) is 32.0 Å². The first-order chi connectivity index (χ1) is 11.5. The highest BCUT2D eigenvalue weighted by atomic mass is 19.1. The van der Waals surface area contributed by atoms with E-state index < -0.39 is 11.7 Å². The molecule has 1 amide bonds. The average molecular weight is 324 g/mol. The summed E-state index contributed by atoms with van der Waals surface area (Å²) < 4.78 is 14.8. The zero-order valence-corrected chi connectivity index (χ0v) is 13.7. The van der Waals surface area contributed by atoms with Crippen molar-refractivity contribution in [1.29, 1.82) is 0 Å². The Hall–Kier alpha value is -3.02. The highest BCUT2D eigenvalue weighted by Crippen LogP contribution is 2.17. The fraction of sp³-hybridized carbons (Fsp3) is 0.167. The molecule has 0 aliphatic heterocycles. The number of nitrogens with one attached hydrogen (secondary N) is 1. The van der Waals surface area contributed by atoms with Gasteiger partial charge in [-0.2, -0.15) is 0 Å². The van der Waals surface area contributed by atoms with Crippen LogP contribution in [-0.4, -0.2) is 20.9 Å². The predicted octanol–water partition coefficient (Wildman–Crippen LogP) is 3.58. The first kappa shape index (κ1) is 15.9. The van der Waals surface area contributed by atoms with Crippen LogP contribution in [0.5, 0.6) is 0 Å². The van der Waals surface area contributed by atoms with Gasteiger partial charge in [0, 0.05) is 5.69 Å². The minimum atomic E-state index is -0.423. The smallest absolute Gasteiger partial charge is 0.278 e. The molecule has 0 saturated heterocycles. The first-order valence-electron chi connectivity index (χ1n) is 7.52. The standard InChI is InChI=1S/C18H17FN4O/c1-11-7-8-16(9-12(11)2)23-13(3)17(21-22-23)18(24)20-15-6-4-5-14(19)10-15/h4-10H,1-3H3,(H,20,24). The van der Waals surface area contributed by atoms with E-state index in [-0.39, 0.29) is 5.69 Å². The number of hydrogen-bond acceptors (Lipinski definition) is 3. The van der Waals surface area contributed by atoms with Crippen molar-refractivity contribution >= 4 is 11.6 Å². The summed E-state index contributed by atoms with van der Waals surface area (Å²) in [5.74, 6) is -0.837. The topological polar surface area (TPSA) is 59.8 Å². The summed E-state index contributed by atoms with van der Waals surface area (Å²) in [5.41, 5.74) is 4.35. The Morgan fingerprint density at radius 3 is 2.58 bits per heavy atom. The van der Waals surface area contributed by atoms with Crippen LogP contribution < -0.4 is 5.32 Å². The zero-order valence-electron chi connectivity index (χ0n) is 13.7. The lowest BCUT2D eigenvalue weighted by Crippen LogP contribution is -2.14. The maximum atomic E-state index is 13.2. The summed E-state index contributed by atoms with van der Waals surface area (Å²) in [7, 11) is 0. The van der Waals surface area contributed by atoms with Crippen molar-refractivity contribution < 1.29 is 9.18 Å². The number of anilines is 1. The van der Waals surface area contributed by atoms with E-state index in [2.05, 4.69) is 15.6 Å². The minimum Gasteiger partial charge on any atom is -0.320 e. The van der Waals surface area contributed by atoms with Crippen LogP contribution >= 0.6 is 0 Å². The van der Waals surface area contributed by atoms with Gasteiger partial charge in [-0.1, -0.05) is 17.3 Å². The molecule has 5 nitrogen and oxygen atoms in total. The van der Waals surface area contributed by atoms with Crippen LogP contribution in [-0.2, 0) is 0 Å². The molecular formula is C18H17FN4O. The quantitative estimate of drug-likeness (QED) is 0.801. The van der Waals surface area contributed by atoms with Crippen molar-refractivity contribution in [3.8, 4) is 5.69 Å². The predicted molar refractivity (Wildman–Crippen MR) is 89.9 cm³/mol. The molecule has 0 radical (unpaired) electrons. The molecule has 0 bridgehead atoms. The summed E-state index contributed by atoms with van der Waals surface area (Å²) in [5, 5.41) is 10.7. The van der Waals surface area contributed by atoms with Gasteiger partial charge in [0.25, 0.3) is 5.91 Å². The van der Waals surface area contributed by atoms with E-state index in [9.17, 15) is 9.18 Å². The first-order valence-corrected chi connectivity index (χ1v) is 7.52. The number of halogens is 1. The average Bonchev–Trinajstić information content (AvgIpc) is 2.92. The maximum Gasteiger partial charge on any atom is 0.278 e. The number of aromatic nitrogens is 3. The van der Waals surface area contributed by atoms with Crippen LogP contribution in [0.2, 0.25) is 0 Å². The van der Waals surface area contributed by atoms with Crippen LogP contribution in [0.25, 0.3) is 5.69 Å². The Kier molecular flexibility index (Phi) is 4.12. The van der Waals surface area contributed by atoms with Gasteiger partial charge in [-0.25, -0.2) is 9.07 Å². The molecular weight excluding hydrogens is 307 g/mol. The van der Waals surface area contributed by atoms with Gasteiger partial charge in [0.15, 0.2) is 5.69 Å². The molecule has 6 heteroatoms. The molecule has 0 aliphatic rings. The number of hydrogen-bond donors (Lipinski definition) is 1. The van der Waals surface area contributed by atoms with Crippen molar-refractivity contribution in [3.63, 3.8) is 0 Å². The van der Waals surface area contributed by atoms with Crippen LogP contribution in [0.3, 0.4) is 0 Å². The van der Waals surface area contributed by atoms with Gasteiger partial charge < -0.3 is 5.32 Å². The van der Waals surface area contributed by atoms with Crippen molar-refractivity contribution in [1.82, 2.24) is 15.0 Å². The number of nitrogens with zero attached hydrogens (tertiary/aromatic N) is 3. The summed E-state index contributed by atoms with van der Waals surface area (Å²) in [6.07, 6.45) is 0. The van der Waals surface area contributed by atoms with Gasteiger partial charge in [-0.3, -0.25) is 4.79 Å². The number of carbonyl (C=O) groups is 1. The number of aryl methyl sites for hydroxylation is 2. The molecule has 24 heavy (non-hydrogen) atoms. The molecule has 0 atom stereocenters. The van der Waals surface area contributed by atoms with Gasteiger partial charge in [-0.05, 0) is 62.2 Å². The van der Waals surface area contributed by atoms with E-state index in [0.717, 1.165) is 11.3 Å². The highest BCUT2D eigenvalue weighted by molar-refractivity contribution is 6.03. The van der Waals surface area contributed by atoms with E-state index in [1.165, 1.54) is 23.8 Å². The number of rotatable bonds is 3. The third kappa shape index (κ3) is 3.03. The molecule has 0 fully saturated rings. The second-order valence-electron chi connectivity index (χ2n) is 5.67. The summed E-state index contributed by atoms with van der Waals surface area (Å²) >= 11 is 0. The van der Waals surface area contributed by atoms with Crippen molar-refractivity contribution in [2.24, 2.45) is 0 Å². The van der Waals surface area contributed by atoms with Gasteiger partial charge in [-0.15, -0.1) is 5.10 Å². The second-order valence-corrected chi connectivity index (χ2v) is 5.67. The molecule has 0 aliphatic carbocycles. The Bertz CT molecular complexity index is 917. The lowest BCUT2D eigenvalue weighted by atomic mass is 10.1. The molecule has 1 heterocycles. The third-order valence-corrected chi connectivity index (χ3v) is 3.93. The molecule has 122 valence electrons. The van der Waals surface area contributed by atoms with Crippen LogP contribution in [0.1, 0.15) is 27.3 Å². The lowest BCUT2D eigenvalue weighted by Gasteiger charge is -2.07. The molecule has 0 unspecified atom stereocenters. The maximum absolute atomic E-state index is 13.2. The Balaban J connectivity index is 1.89. The molecule has 3 rings (SSSR count). The molecule has 0 saturated carbocycles. The molecule has 1 N–H and O–H groups in total. The minimum absolute atomic E-state index is 0.206. The molecule has 3 aromatic rings. The fourth-order valence-electron chi connectivity index (χ4n) is 2.40. The largest absolute Gasteiger partial charge is 0.320 e. The highest BCUT2D eigenvalue weighted by Gasteiger charge is 2.17. The molecule has 0 spiro atoms. The van der Waals surface area contributed by atoms with E-state index >= 15 is 0 Å². The number of amides is 1. The van der Waals surface area contributed by atoms with Gasteiger partial charge in [0.1, 0.15) is 5.82 Å². The van der Waals surface area contributed by atoms with E-state index in [0.29, 0.717) is 11.4 Å². The Labute approximate surface area is 139 Å². The van der Waals surface area contributed by atoms with E-state index in [4.69, 9.17) is 0 Å². The monoisotopic (exact) mass is 324 g/mol. The number of benzene rings is 2.